The Kier molecular flexibility index (Phi) is 10.2. The lowest BCUT2D eigenvalue weighted by atomic mass is 9.98. The summed E-state index contributed by atoms with van der Waals surface area (Å²) in [5, 5.41) is 12.1. The predicted octanol–water partition coefficient (Wildman–Crippen LogP) is 4.78. The number of carboxylic acids is 1. The Morgan fingerprint density at radius 2 is 1.55 bits per heavy atom. The molecule has 1 aliphatic carbocycles. The van der Waals surface area contributed by atoms with Crippen molar-refractivity contribution in [2.45, 2.75) is 31.6 Å². The maximum absolute atomic E-state index is 13.6. The molecule has 0 spiro atoms. The minimum atomic E-state index is -1.14. The summed E-state index contributed by atoms with van der Waals surface area (Å²) in [5.41, 5.74) is 5.29. The molecule has 0 radical (unpaired) electrons. The maximum Gasteiger partial charge on any atom is 0.407 e. The van der Waals surface area contributed by atoms with Gasteiger partial charge in [0.05, 0.1) is 12.7 Å². The van der Waals surface area contributed by atoms with Crippen LogP contribution in [0.1, 0.15) is 29.5 Å². The molecular weight excluding hydrogens is 528 g/mol. The Bertz CT molecular complexity index is 1270. The van der Waals surface area contributed by atoms with Gasteiger partial charge in [-0.1, -0.05) is 78.9 Å². The standard InChI is InChI=1S/C31H34N2O6S/c1-21(38-19-22-10-4-3-5-11-22)29(30(36)33(16-17-40-2)18-28(34)35)32-31(37)39-20-27-25-14-8-6-12-23(25)24-13-7-9-15-26(24)27/h3-15,21,27,29H,16-20H2,1-2H3,(H,32,37)(H,34,35)/t21-,29+/m0/s1. The Morgan fingerprint density at radius 3 is 2.15 bits per heavy atom. The highest BCUT2D eigenvalue weighted by molar-refractivity contribution is 7.98. The second-order valence-corrected chi connectivity index (χ2v) is 10.6. The number of hydrogen-bond donors (Lipinski definition) is 2. The number of carboxylic acid groups (broad SMARTS) is 1. The van der Waals surface area contributed by atoms with Gasteiger partial charge in [0.15, 0.2) is 0 Å². The third kappa shape index (κ3) is 7.22. The van der Waals surface area contributed by atoms with E-state index in [0.717, 1.165) is 27.8 Å². The van der Waals surface area contributed by atoms with Crippen molar-refractivity contribution in [1.82, 2.24) is 10.2 Å². The fourth-order valence-corrected chi connectivity index (χ4v) is 5.28. The summed E-state index contributed by atoms with van der Waals surface area (Å²) in [6.07, 6.45) is 0.357. The van der Waals surface area contributed by atoms with E-state index < -0.39 is 36.7 Å². The molecule has 1 aliphatic rings. The van der Waals surface area contributed by atoms with Crippen LogP contribution in [-0.2, 0) is 25.7 Å². The summed E-state index contributed by atoms with van der Waals surface area (Å²) >= 11 is 1.50. The molecule has 2 atom stereocenters. The highest BCUT2D eigenvalue weighted by atomic mass is 32.2. The van der Waals surface area contributed by atoms with E-state index in [1.807, 2.05) is 73.0 Å². The van der Waals surface area contributed by atoms with Crippen molar-refractivity contribution in [1.29, 1.82) is 0 Å². The van der Waals surface area contributed by atoms with Crippen molar-refractivity contribution in [2.24, 2.45) is 0 Å². The van der Waals surface area contributed by atoms with Crippen LogP contribution in [0.25, 0.3) is 11.1 Å². The Hall–Kier alpha value is -3.82. The molecule has 0 saturated heterocycles. The highest BCUT2D eigenvalue weighted by Gasteiger charge is 2.34. The molecule has 40 heavy (non-hydrogen) atoms. The SMILES string of the molecule is CSCCN(CC(=O)O)C(=O)[C@H](NC(=O)OCC1c2ccccc2-c2ccccc21)[C@H](C)OCc1ccccc1. The van der Waals surface area contributed by atoms with Crippen LogP contribution in [0.2, 0.25) is 0 Å². The van der Waals surface area contributed by atoms with Crippen molar-refractivity contribution >= 4 is 29.7 Å². The second-order valence-electron chi connectivity index (χ2n) is 9.60. The molecule has 4 rings (SSSR count). The van der Waals surface area contributed by atoms with E-state index >= 15 is 0 Å². The van der Waals surface area contributed by atoms with Gasteiger partial charge in [-0.3, -0.25) is 9.59 Å². The van der Waals surface area contributed by atoms with Crippen LogP contribution in [0.3, 0.4) is 0 Å². The molecule has 8 nitrogen and oxygen atoms in total. The van der Waals surface area contributed by atoms with E-state index in [1.54, 1.807) is 6.92 Å². The Balaban J connectivity index is 1.48. The lowest BCUT2D eigenvalue weighted by Gasteiger charge is -2.30. The molecule has 0 saturated carbocycles. The van der Waals surface area contributed by atoms with Crippen molar-refractivity contribution < 1.29 is 29.0 Å². The first kappa shape index (κ1) is 29.2. The fourth-order valence-electron chi connectivity index (χ4n) is 4.87. The van der Waals surface area contributed by atoms with Crippen molar-refractivity contribution in [2.75, 3.05) is 31.7 Å². The summed E-state index contributed by atoms with van der Waals surface area (Å²) in [6.45, 7) is 1.74. The number of carbonyl (C=O) groups excluding carboxylic acids is 2. The van der Waals surface area contributed by atoms with Crippen LogP contribution in [0.4, 0.5) is 4.79 Å². The highest BCUT2D eigenvalue weighted by Crippen LogP contribution is 2.44. The zero-order chi connectivity index (χ0) is 28.5. The van der Waals surface area contributed by atoms with Gasteiger partial charge in [0.1, 0.15) is 19.2 Å². The van der Waals surface area contributed by atoms with Crippen LogP contribution < -0.4 is 5.32 Å². The predicted molar refractivity (Wildman–Crippen MR) is 155 cm³/mol. The van der Waals surface area contributed by atoms with Crippen molar-refractivity contribution in [3.05, 3.63) is 95.6 Å². The van der Waals surface area contributed by atoms with Crippen molar-refractivity contribution in [3.63, 3.8) is 0 Å². The number of hydrogen-bond acceptors (Lipinski definition) is 6. The number of alkyl carbamates (subject to hydrolysis) is 1. The van der Waals surface area contributed by atoms with Gasteiger partial charge in [-0.25, -0.2) is 4.79 Å². The molecule has 0 aliphatic heterocycles. The number of nitrogens with one attached hydrogen (secondary N) is 1. The monoisotopic (exact) mass is 562 g/mol. The van der Waals surface area contributed by atoms with Crippen LogP contribution in [0.5, 0.6) is 0 Å². The minimum Gasteiger partial charge on any atom is -0.480 e. The number of thioether (sulfide) groups is 1. The lowest BCUT2D eigenvalue weighted by molar-refractivity contribution is -0.147. The number of amides is 2. The Labute approximate surface area is 238 Å². The van der Waals surface area contributed by atoms with E-state index in [-0.39, 0.29) is 25.7 Å². The first-order valence-electron chi connectivity index (χ1n) is 13.2. The molecule has 3 aromatic carbocycles. The zero-order valence-electron chi connectivity index (χ0n) is 22.6. The van der Waals surface area contributed by atoms with Gasteiger partial charge in [-0.2, -0.15) is 11.8 Å². The molecule has 3 aromatic rings. The maximum atomic E-state index is 13.6. The summed E-state index contributed by atoms with van der Waals surface area (Å²) in [6, 6.07) is 24.4. The molecule has 210 valence electrons. The van der Waals surface area contributed by atoms with E-state index in [4.69, 9.17) is 9.47 Å². The summed E-state index contributed by atoms with van der Waals surface area (Å²) in [5.74, 6) is -1.25. The number of carbonyl (C=O) groups is 3. The number of rotatable bonds is 13. The number of nitrogens with zero attached hydrogens (tertiary/aromatic N) is 1. The van der Waals surface area contributed by atoms with E-state index in [2.05, 4.69) is 17.4 Å². The fraction of sp³-hybridized carbons (Fsp3) is 0.323. The summed E-state index contributed by atoms with van der Waals surface area (Å²) in [7, 11) is 0. The molecule has 0 fully saturated rings. The Morgan fingerprint density at radius 1 is 0.950 bits per heavy atom. The topological polar surface area (TPSA) is 105 Å². The van der Waals surface area contributed by atoms with Crippen LogP contribution in [0.15, 0.2) is 78.9 Å². The quantitative estimate of drug-likeness (QED) is 0.309. The molecule has 2 N–H and O–H groups in total. The third-order valence-corrected chi connectivity index (χ3v) is 7.50. The second kappa shape index (κ2) is 14.0. The molecular formula is C31H34N2O6S. The van der Waals surface area contributed by atoms with Crippen LogP contribution >= 0.6 is 11.8 Å². The van der Waals surface area contributed by atoms with E-state index in [1.165, 1.54) is 16.7 Å². The molecule has 2 amide bonds. The van der Waals surface area contributed by atoms with Gasteiger partial charge in [0.25, 0.3) is 0 Å². The normalized spacial score (nSPS) is 13.6. The molecule has 0 unspecified atom stereocenters. The van der Waals surface area contributed by atoms with Gasteiger partial charge in [-0.15, -0.1) is 0 Å². The van der Waals surface area contributed by atoms with E-state index in [0.29, 0.717) is 5.75 Å². The largest absolute Gasteiger partial charge is 0.480 e. The van der Waals surface area contributed by atoms with Gasteiger partial charge in [-0.05, 0) is 41.0 Å². The lowest BCUT2D eigenvalue weighted by Crippen LogP contribution is -2.55. The average molecular weight is 563 g/mol. The summed E-state index contributed by atoms with van der Waals surface area (Å²) < 4.78 is 11.7. The van der Waals surface area contributed by atoms with Gasteiger partial charge >= 0.3 is 12.1 Å². The number of ether oxygens (including phenoxy) is 2. The van der Waals surface area contributed by atoms with Gasteiger partial charge in [0.2, 0.25) is 5.91 Å². The average Bonchev–Trinajstić information content (AvgIpc) is 3.29. The van der Waals surface area contributed by atoms with Crippen molar-refractivity contribution in [3.8, 4) is 11.1 Å². The van der Waals surface area contributed by atoms with Gasteiger partial charge < -0.3 is 24.8 Å². The first-order valence-corrected chi connectivity index (χ1v) is 14.5. The molecule has 0 aromatic heterocycles. The molecule has 0 heterocycles. The minimum absolute atomic E-state index is 0.0886. The number of benzene rings is 3. The van der Waals surface area contributed by atoms with E-state index in [9.17, 15) is 19.5 Å². The third-order valence-electron chi connectivity index (χ3n) is 6.91. The molecule has 0 bridgehead atoms. The molecule has 9 heteroatoms. The van der Waals surface area contributed by atoms with Gasteiger partial charge in [0, 0.05) is 18.2 Å². The summed E-state index contributed by atoms with van der Waals surface area (Å²) in [4.78, 5) is 39.4. The number of fused-ring (bicyclic) bond motifs is 3. The number of aliphatic carboxylic acids is 1. The van der Waals surface area contributed by atoms with Crippen LogP contribution in [0, 0.1) is 0 Å². The zero-order valence-corrected chi connectivity index (χ0v) is 23.4. The van der Waals surface area contributed by atoms with Crippen LogP contribution in [-0.4, -0.2) is 71.8 Å². The first-order chi connectivity index (χ1) is 19.4. The smallest absolute Gasteiger partial charge is 0.407 e.